The molecule has 2 aromatic rings. The lowest BCUT2D eigenvalue weighted by Crippen LogP contribution is -2.50. The first-order chi connectivity index (χ1) is 14.6. The van der Waals surface area contributed by atoms with Gasteiger partial charge in [-0.2, -0.15) is 17.5 Å². The lowest BCUT2D eigenvalue weighted by Gasteiger charge is -2.33. The molecule has 0 unspecified atom stereocenters. The number of carbonyl (C=O) groups is 1. The fourth-order valence-corrected chi connectivity index (χ4v) is 4.30. The summed E-state index contributed by atoms with van der Waals surface area (Å²) in [4.78, 5) is 22.1. The van der Waals surface area contributed by atoms with Gasteiger partial charge >= 0.3 is 12.2 Å². The summed E-state index contributed by atoms with van der Waals surface area (Å²) < 4.78 is 64.0. The minimum Gasteiger partial charge on any atom is -0.338 e. The van der Waals surface area contributed by atoms with E-state index in [1.165, 1.54) is 4.31 Å². The van der Waals surface area contributed by atoms with Crippen LogP contribution in [0.5, 0.6) is 0 Å². The lowest BCUT2D eigenvalue weighted by atomic mass is 10.2. The summed E-state index contributed by atoms with van der Waals surface area (Å²) in [5.41, 5.74) is -0.670. The number of halogens is 3. The van der Waals surface area contributed by atoms with E-state index < -0.39 is 27.8 Å². The Morgan fingerprint density at radius 3 is 2.23 bits per heavy atom. The number of hydrogen-bond acceptors (Lipinski definition) is 6. The number of urea groups is 1. The van der Waals surface area contributed by atoms with E-state index in [4.69, 9.17) is 0 Å². The summed E-state index contributed by atoms with van der Waals surface area (Å²) in [7, 11) is -3.58. The molecule has 1 fully saturated rings. The average molecular weight is 458 g/mol. The monoisotopic (exact) mass is 458 g/mol. The number of rotatable bonds is 6. The van der Waals surface area contributed by atoms with Crippen LogP contribution in [0.2, 0.25) is 0 Å². The molecule has 2 amide bonds. The molecule has 0 atom stereocenters. The smallest absolute Gasteiger partial charge is 0.338 e. The quantitative estimate of drug-likeness (QED) is 0.683. The van der Waals surface area contributed by atoms with Gasteiger partial charge in [0, 0.05) is 50.8 Å². The van der Waals surface area contributed by atoms with Gasteiger partial charge in [-0.1, -0.05) is 0 Å². The van der Waals surface area contributed by atoms with Crippen LogP contribution in [0.3, 0.4) is 0 Å². The number of alkyl halides is 3. The zero-order valence-electron chi connectivity index (χ0n) is 16.3. The van der Waals surface area contributed by atoms with E-state index in [1.807, 2.05) is 4.90 Å². The van der Waals surface area contributed by atoms with Gasteiger partial charge in [-0.25, -0.2) is 23.2 Å². The van der Waals surface area contributed by atoms with Gasteiger partial charge in [-0.3, -0.25) is 0 Å². The number of aromatic nitrogens is 2. The number of nitrogens with zero attached hydrogens (tertiary/aromatic N) is 4. The maximum atomic E-state index is 12.6. The molecule has 2 N–H and O–H groups in total. The maximum Gasteiger partial charge on any atom is 0.416 e. The topological polar surface area (TPSA) is 108 Å². The van der Waals surface area contributed by atoms with Crippen LogP contribution in [0.1, 0.15) is 5.56 Å². The van der Waals surface area contributed by atoms with E-state index in [0.717, 1.165) is 24.3 Å². The van der Waals surface area contributed by atoms with Gasteiger partial charge in [0.2, 0.25) is 16.0 Å². The van der Waals surface area contributed by atoms with Gasteiger partial charge in [0.1, 0.15) is 0 Å². The number of carbonyl (C=O) groups excluding carboxylic acids is 1. The van der Waals surface area contributed by atoms with Crippen LogP contribution >= 0.6 is 0 Å². The summed E-state index contributed by atoms with van der Waals surface area (Å²) in [6.07, 6.45) is -1.23. The minimum atomic E-state index is -4.46. The summed E-state index contributed by atoms with van der Waals surface area (Å²) in [6.45, 7) is 1.31. The van der Waals surface area contributed by atoms with Crippen molar-refractivity contribution in [1.82, 2.24) is 19.6 Å². The molecule has 0 saturated carbocycles. The number of sulfonamides is 1. The van der Waals surface area contributed by atoms with Gasteiger partial charge in [-0.15, -0.1) is 0 Å². The van der Waals surface area contributed by atoms with Crippen molar-refractivity contribution in [3.05, 3.63) is 48.3 Å². The molecule has 0 radical (unpaired) electrons. The van der Waals surface area contributed by atoms with Gasteiger partial charge in [0.05, 0.1) is 11.3 Å². The van der Waals surface area contributed by atoms with Crippen molar-refractivity contribution in [2.75, 3.05) is 48.7 Å². The molecule has 1 aliphatic rings. The van der Waals surface area contributed by atoms with Gasteiger partial charge < -0.3 is 15.5 Å². The number of anilines is 2. The van der Waals surface area contributed by atoms with E-state index in [2.05, 4.69) is 20.6 Å². The van der Waals surface area contributed by atoms with Crippen LogP contribution in [-0.2, 0) is 16.2 Å². The summed E-state index contributed by atoms with van der Waals surface area (Å²) >= 11 is 0. The van der Waals surface area contributed by atoms with Gasteiger partial charge in [0.25, 0.3) is 0 Å². The minimum absolute atomic E-state index is 0.142. The number of hydrogen-bond donors (Lipinski definition) is 2. The summed E-state index contributed by atoms with van der Waals surface area (Å²) in [5.74, 6) is 0.246. The Morgan fingerprint density at radius 2 is 1.65 bits per heavy atom. The van der Waals surface area contributed by atoms with Crippen LogP contribution in [0, 0.1) is 0 Å². The fraction of sp³-hybridized carbons (Fsp3) is 0.389. The number of benzene rings is 1. The van der Waals surface area contributed by atoms with Crippen molar-refractivity contribution in [1.29, 1.82) is 0 Å². The van der Waals surface area contributed by atoms with Crippen molar-refractivity contribution in [3.63, 3.8) is 0 Å². The summed E-state index contributed by atoms with van der Waals surface area (Å²) in [6, 6.07) is 4.93. The number of piperazine rings is 1. The van der Waals surface area contributed by atoms with Crippen molar-refractivity contribution >= 4 is 27.7 Å². The lowest BCUT2D eigenvalue weighted by molar-refractivity contribution is -0.137. The molecule has 31 heavy (non-hydrogen) atoms. The third kappa shape index (κ3) is 6.28. The molecule has 0 aliphatic carbocycles. The number of amides is 2. The highest BCUT2D eigenvalue weighted by Crippen LogP contribution is 2.29. The predicted octanol–water partition coefficient (Wildman–Crippen LogP) is 1.77. The van der Waals surface area contributed by atoms with E-state index in [-0.39, 0.29) is 31.1 Å². The van der Waals surface area contributed by atoms with E-state index in [9.17, 15) is 26.4 Å². The van der Waals surface area contributed by atoms with Crippen LogP contribution in [-0.4, -0.2) is 67.2 Å². The first kappa shape index (κ1) is 22.7. The Morgan fingerprint density at radius 1 is 1.03 bits per heavy atom. The molecule has 3 rings (SSSR count). The van der Waals surface area contributed by atoms with Crippen molar-refractivity contribution in [2.24, 2.45) is 0 Å². The molecule has 1 aromatic heterocycles. The third-order valence-electron chi connectivity index (χ3n) is 4.58. The van der Waals surface area contributed by atoms with Gasteiger partial charge in [0.15, 0.2) is 0 Å². The molecule has 168 valence electrons. The second kappa shape index (κ2) is 9.47. The molecule has 2 heterocycles. The number of nitrogens with one attached hydrogen (secondary N) is 2. The van der Waals surface area contributed by atoms with Gasteiger partial charge in [-0.05, 0) is 30.3 Å². The van der Waals surface area contributed by atoms with Crippen molar-refractivity contribution in [2.45, 2.75) is 6.18 Å². The van der Waals surface area contributed by atoms with E-state index in [1.54, 1.807) is 18.5 Å². The Kier molecular flexibility index (Phi) is 6.95. The highest BCUT2D eigenvalue weighted by molar-refractivity contribution is 7.89. The zero-order chi connectivity index (χ0) is 22.5. The molecule has 0 bridgehead atoms. The summed E-state index contributed by atoms with van der Waals surface area (Å²) in [5, 5.41) is 4.76. The normalized spacial score (nSPS) is 15.5. The Bertz CT molecular complexity index is 979. The molecule has 1 aromatic carbocycles. The predicted molar refractivity (Wildman–Crippen MR) is 108 cm³/mol. The SMILES string of the molecule is O=C(NCCS(=O)(=O)N1CCN(c2ncccn2)CC1)Nc1ccc(C(F)(F)F)cc1. The molecular formula is C18H21F3N6O3S. The molecule has 0 spiro atoms. The van der Waals surface area contributed by atoms with E-state index in [0.29, 0.717) is 19.0 Å². The molecule has 13 heteroatoms. The van der Waals surface area contributed by atoms with Crippen molar-refractivity contribution < 1.29 is 26.4 Å². The average Bonchev–Trinajstić information content (AvgIpc) is 2.74. The second-order valence-electron chi connectivity index (χ2n) is 6.71. The Balaban J connectivity index is 1.43. The van der Waals surface area contributed by atoms with Crippen LogP contribution in [0.25, 0.3) is 0 Å². The molecule has 9 nitrogen and oxygen atoms in total. The largest absolute Gasteiger partial charge is 0.416 e. The van der Waals surface area contributed by atoms with Crippen molar-refractivity contribution in [3.8, 4) is 0 Å². The Labute approximate surface area is 177 Å². The fourth-order valence-electron chi connectivity index (χ4n) is 2.96. The first-order valence-corrected chi connectivity index (χ1v) is 11.0. The molecular weight excluding hydrogens is 437 g/mol. The standard InChI is InChI=1S/C18H21F3N6O3S/c19-18(20,21)14-2-4-15(5-3-14)25-17(28)24-8-13-31(29,30)27-11-9-26(10-12-27)16-22-6-1-7-23-16/h1-7H,8-13H2,(H2,24,25,28). The highest BCUT2D eigenvalue weighted by Gasteiger charge is 2.30. The Hall–Kier alpha value is -2.93. The maximum absolute atomic E-state index is 12.6. The zero-order valence-corrected chi connectivity index (χ0v) is 17.2. The third-order valence-corrected chi connectivity index (χ3v) is 6.45. The van der Waals surface area contributed by atoms with Crippen LogP contribution in [0.4, 0.5) is 29.6 Å². The molecule has 1 aliphatic heterocycles. The first-order valence-electron chi connectivity index (χ1n) is 9.37. The van der Waals surface area contributed by atoms with Crippen LogP contribution < -0.4 is 15.5 Å². The highest BCUT2D eigenvalue weighted by atomic mass is 32.2. The van der Waals surface area contributed by atoms with E-state index >= 15 is 0 Å². The second-order valence-corrected chi connectivity index (χ2v) is 8.80. The molecule has 1 saturated heterocycles. The van der Waals surface area contributed by atoms with Crippen LogP contribution in [0.15, 0.2) is 42.7 Å².